The Morgan fingerprint density at radius 3 is 2.56 bits per heavy atom. The first-order valence-electron chi connectivity index (χ1n) is 5.20. The minimum atomic E-state index is -0.995. The van der Waals surface area contributed by atoms with Crippen molar-refractivity contribution in [3.8, 4) is 5.75 Å². The number of carbonyl (C=O) groups excluding carboxylic acids is 2. The van der Waals surface area contributed by atoms with Crippen molar-refractivity contribution in [1.29, 1.82) is 0 Å². The van der Waals surface area contributed by atoms with Gasteiger partial charge in [0, 0.05) is 5.56 Å². The van der Waals surface area contributed by atoms with Crippen molar-refractivity contribution in [1.82, 2.24) is 0 Å². The number of hydrogen-bond acceptors (Lipinski definition) is 4. The monoisotopic (exact) mass is 255 g/mol. The summed E-state index contributed by atoms with van der Waals surface area (Å²) in [5, 5.41) is 11.6. The number of amides is 1. The molecule has 1 amide bonds. The molecule has 0 unspecified atom stereocenters. The number of anilines is 1. The van der Waals surface area contributed by atoms with Gasteiger partial charge in [-0.2, -0.15) is 0 Å². The number of carbonyl (C=O) groups is 2. The number of phenolic OH excluding ortho intramolecular Hbond substituents is 1. The number of halogens is 1. The molecule has 1 rings (SSSR count). The Kier molecular flexibility index (Phi) is 3.90. The molecule has 98 valence electrons. The number of aromatic hydroxyl groups is 1. The number of hydrogen-bond donors (Lipinski definition) is 2. The summed E-state index contributed by atoms with van der Waals surface area (Å²) in [6.45, 7) is 4.98. The molecule has 0 aliphatic rings. The number of benzene rings is 1. The number of aldehydes is 1. The first-order chi connectivity index (χ1) is 8.23. The van der Waals surface area contributed by atoms with E-state index >= 15 is 0 Å². The molecule has 0 spiro atoms. The van der Waals surface area contributed by atoms with Gasteiger partial charge in [0.05, 0.1) is 5.69 Å². The van der Waals surface area contributed by atoms with Gasteiger partial charge < -0.3 is 9.84 Å². The van der Waals surface area contributed by atoms with E-state index < -0.39 is 23.3 Å². The Morgan fingerprint density at radius 2 is 2.06 bits per heavy atom. The van der Waals surface area contributed by atoms with Crippen molar-refractivity contribution in [2.75, 3.05) is 5.32 Å². The summed E-state index contributed by atoms with van der Waals surface area (Å²) in [5.74, 6) is -1.74. The lowest BCUT2D eigenvalue weighted by molar-refractivity contribution is 0.0635. The minimum Gasteiger partial charge on any atom is -0.503 e. The summed E-state index contributed by atoms with van der Waals surface area (Å²) < 4.78 is 18.2. The number of rotatable bonds is 2. The Labute approximate surface area is 104 Å². The average molecular weight is 255 g/mol. The van der Waals surface area contributed by atoms with Gasteiger partial charge in [0.2, 0.25) is 0 Å². The zero-order valence-electron chi connectivity index (χ0n) is 10.3. The van der Waals surface area contributed by atoms with Crippen molar-refractivity contribution in [2.24, 2.45) is 0 Å². The molecule has 0 aliphatic heterocycles. The van der Waals surface area contributed by atoms with E-state index in [4.69, 9.17) is 4.74 Å². The van der Waals surface area contributed by atoms with Gasteiger partial charge in [-0.1, -0.05) is 0 Å². The predicted molar refractivity (Wildman–Crippen MR) is 63.3 cm³/mol. The van der Waals surface area contributed by atoms with Gasteiger partial charge in [-0.25, -0.2) is 9.18 Å². The highest BCUT2D eigenvalue weighted by molar-refractivity contribution is 5.89. The molecule has 0 aliphatic carbocycles. The quantitative estimate of drug-likeness (QED) is 0.629. The molecule has 0 saturated carbocycles. The van der Waals surface area contributed by atoms with Gasteiger partial charge in [0.15, 0.2) is 11.6 Å². The number of ether oxygens (including phenoxy) is 1. The maximum Gasteiger partial charge on any atom is 0.412 e. The van der Waals surface area contributed by atoms with Crippen LogP contribution in [0.15, 0.2) is 12.1 Å². The van der Waals surface area contributed by atoms with Gasteiger partial charge >= 0.3 is 6.09 Å². The van der Waals surface area contributed by atoms with Crippen LogP contribution in [0.1, 0.15) is 31.1 Å². The van der Waals surface area contributed by atoms with E-state index in [2.05, 4.69) is 5.32 Å². The lowest BCUT2D eigenvalue weighted by Crippen LogP contribution is -2.27. The lowest BCUT2D eigenvalue weighted by Gasteiger charge is -2.20. The van der Waals surface area contributed by atoms with Crippen molar-refractivity contribution < 1.29 is 23.8 Å². The standard InChI is InChI=1S/C12H14FNO4/c1-12(2,3)18-11(17)14-9-5-7(6-15)4-8(13)10(9)16/h4-6,16H,1-3H3,(H,14,17). The largest absolute Gasteiger partial charge is 0.503 e. The van der Waals surface area contributed by atoms with Crippen LogP contribution in [0, 0.1) is 5.82 Å². The molecule has 18 heavy (non-hydrogen) atoms. The molecular weight excluding hydrogens is 241 g/mol. The molecule has 5 nitrogen and oxygen atoms in total. The third-order valence-corrected chi connectivity index (χ3v) is 1.86. The normalized spacial score (nSPS) is 10.9. The fourth-order valence-corrected chi connectivity index (χ4v) is 1.20. The van der Waals surface area contributed by atoms with Gasteiger partial charge in [-0.3, -0.25) is 10.1 Å². The average Bonchev–Trinajstić information content (AvgIpc) is 2.21. The van der Waals surface area contributed by atoms with Gasteiger partial charge in [0.25, 0.3) is 0 Å². The molecule has 0 heterocycles. The number of nitrogens with one attached hydrogen (secondary N) is 1. The maximum atomic E-state index is 13.2. The van der Waals surface area contributed by atoms with Crippen molar-refractivity contribution in [3.63, 3.8) is 0 Å². The topological polar surface area (TPSA) is 75.6 Å². The molecule has 0 bridgehead atoms. The van der Waals surface area contributed by atoms with E-state index in [1.165, 1.54) is 0 Å². The summed E-state index contributed by atoms with van der Waals surface area (Å²) >= 11 is 0. The van der Waals surface area contributed by atoms with Crippen LogP contribution in [-0.4, -0.2) is 23.1 Å². The third-order valence-electron chi connectivity index (χ3n) is 1.86. The molecule has 6 heteroatoms. The maximum absolute atomic E-state index is 13.2. The molecule has 0 radical (unpaired) electrons. The van der Waals surface area contributed by atoms with E-state index in [-0.39, 0.29) is 11.3 Å². The molecule has 0 fully saturated rings. The first-order valence-corrected chi connectivity index (χ1v) is 5.20. The van der Waals surface area contributed by atoms with Crippen LogP contribution in [0.2, 0.25) is 0 Å². The Morgan fingerprint density at radius 1 is 1.44 bits per heavy atom. The zero-order chi connectivity index (χ0) is 13.9. The van der Waals surface area contributed by atoms with Crippen LogP contribution in [-0.2, 0) is 4.74 Å². The van der Waals surface area contributed by atoms with Crippen LogP contribution >= 0.6 is 0 Å². The smallest absolute Gasteiger partial charge is 0.412 e. The van der Waals surface area contributed by atoms with E-state index in [1.807, 2.05) is 0 Å². The van der Waals surface area contributed by atoms with E-state index in [0.29, 0.717) is 6.29 Å². The van der Waals surface area contributed by atoms with Gasteiger partial charge in [-0.15, -0.1) is 0 Å². The summed E-state index contributed by atoms with van der Waals surface area (Å²) in [7, 11) is 0. The molecule has 2 N–H and O–H groups in total. The third kappa shape index (κ3) is 3.73. The van der Waals surface area contributed by atoms with Crippen molar-refractivity contribution >= 4 is 18.1 Å². The number of phenols is 1. The van der Waals surface area contributed by atoms with E-state index in [0.717, 1.165) is 12.1 Å². The summed E-state index contributed by atoms with van der Waals surface area (Å²) in [4.78, 5) is 22.0. The van der Waals surface area contributed by atoms with Gasteiger partial charge in [0.1, 0.15) is 11.9 Å². The molecule has 0 aromatic heterocycles. The Balaban J connectivity index is 2.94. The summed E-state index contributed by atoms with van der Waals surface area (Å²) in [5.41, 5.74) is -0.941. The van der Waals surface area contributed by atoms with Crippen LogP contribution in [0.25, 0.3) is 0 Å². The van der Waals surface area contributed by atoms with E-state index in [1.54, 1.807) is 20.8 Å². The molecule has 1 aromatic rings. The Bertz CT molecular complexity index is 480. The molecule has 1 aromatic carbocycles. The fourth-order valence-electron chi connectivity index (χ4n) is 1.20. The highest BCUT2D eigenvalue weighted by Gasteiger charge is 2.18. The zero-order valence-corrected chi connectivity index (χ0v) is 10.3. The second kappa shape index (κ2) is 5.03. The molecular formula is C12H14FNO4. The predicted octanol–water partition coefficient (Wildman–Crippen LogP) is 2.69. The minimum absolute atomic E-state index is 0.00337. The van der Waals surface area contributed by atoms with Crippen molar-refractivity contribution in [2.45, 2.75) is 26.4 Å². The summed E-state index contributed by atoms with van der Waals surface area (Å²) in [6.07, 6.45) is -0.441. The Hall–Kier alpha value is -2.11. The van der Waals surface area contributed by atoms with Crippen LogP contribution < -0.4 is 5.32 Å². The first kappa shape index (κ1) is 14.0. The lowest BCUT2D eigenvalue weighted by atomic mass is 10.2. The molecule has 0 saturated heterocycles. The van der Waals surface area contributed by atoms with Crippen molar-refractivity contribution in [3.05, 3.63) is 23.5 Å². The fraction of sp³-hybridized carbons (Fsp3) is 0.333. The van der Waals surface area contributed by atoms with E-state index in [9.17, 15) is 19.1 Å². The van der Waals surface area contributed by atoms with Crippen LogP contribution in [0.3, 0.4) is 0 Å². The molecule has 0 atom stereocenters. The van der Waals surface area contributed by atoms with Crippen LogP contribution in [0.5, 0.6) is 5.75 Å². The van der Waals surface area contributed by atoms with Gasteiger partial charge in [-0.05, 0) is 32.9 Å². The van der Waals surface area contributed by atoms with Crippen LogP contribution in [0.4, 0.5) is 14.9 Å². The second-order valence-corrected chi connectivity index (χ2v) is 4.64. The highest BCUT2D eigenvalue weighted by Crippen LogP contribution is 2.28. The second-order valence-electron chi connectivity index (χ2n) is 4.64. The summed E-state index contributed by atoms with van der Waals surface area (Å²) in [6, 6.07) is 2.01. The highest BCUT2D eigenvalue weighted by atomic mass is 19.1. The SMILES string of the molecule is CC(C)(C)OC(=O)Nc1cc(C=O)cc(F)c1O.